The van der Waals surface area contributed by atoms with Gasteiger partial charge in [-0.25, -0.2) is 27.7 Å². The minimum atomic E-state index is -3.93. The highest BCUT2D eigenvalue weighted by Gasteiger charge is 2.29. The molecule has 246 valence electrons. The molecular formula is C31H48N4O7S2. The Morgan fingerprint density at radius 3 is 2.34 bits per heavy atom. The van der Waals surface area contributed by atoms with Crippen LogP contribution >= 0.6 is 11.3 Å². The predicted molar refractivity (Wildman–Crippen MR) is 172 cm³/mol. The SMILES string of the molecule is CC(C)OC(=O)NC1CCC(c2ncc(-c3ccc(OCCN(C)C(=O)OC(C)(C)C)cc3S(=O)(=O)NC(C)(C)C)s2)CC1. The molecule has 1 heterocycles. The predicted octanol–water partition coefficient (Wildman–Crippen LogP) is 6.29. The van der Waals surface area contributed by atoms with Crippen LogP contribution in [0.5, 0.6) is 5.75 Å². The van der Waals surface area contributed by atoms with Gasteiger partial charge >= 0.3 is 12.2 Å². The number of likely N-dealkylation sites (N-methyl/N-ethyl adjacent to an activating group) is 1. The number of sulfonamides is 1. The van der Waals surface area contributed by atoms with Crippen molar-refractivity contribution >= 4 is 33.5 Å². The molecular weight excluding hydrogens is 604 g/mol. The molecule has 0 bridgehead atoms. The molecule has 0 saturated heterocycles. The van der Waals surface area contributed by atoms with E-state index < -0.39 is 27.3 Å². The molecule has 2 aromatic rings. The van der Waals surface area contributed by atoms with E-state index in [1.165, 1.54) is 22.3 Å². The van der Waals surface area contributed by atoms with Crippen LogP contribution in [0, 0.1) is 0 Å². The summed E-state index contributed by atoms with van der Waals surface area (Å²) in [7, 11) is -2.31. The highest BCUT2D eigenvalue weighted by atomic mass is 32.2. The fraction of sp³-hybridized carbons (Fsp3) is 0.645. The van der Waals surface area contributed by atoms with Gasteiger partial charge < -0.3 is 24.4 Å². The molecule has 1 aromatic heterocycles. The molecule has 0 radical (unpaired) electrons. The third-order valence-corrected chi connectivity index (χ3v) is 9.60. The standard InChI is InChI=1S/C31H48N4O7S2/c1-20(2)41-28(36)33-22-12-10-21(11-13-22)27-32-19-25(43-27)24-15-14-23(18-26(24)44(38,39)34-30(3,4)5)40-17-16-35(9)29(37)42-31(6,7)8/h14-15,18-22,34H,10-13,16-17H2,1-9H3,(H,33,36). The zero-order valence-electron chi connectivity index (χ0n) is 27.4. The zero-order chi connectivity index (χ0) is 32.9. The number of amides is 2. The number of benzene rings is 1. The normalized spacial score (nSPS) is 17.7. The molecule has 2 amide bonds. The minimum absolute atomic E-state index is 0.0635. The number of nitrogens with zero attached hydrogens (tertiary/aromatic N) is 2. The van der Waals surface area contributed by atoms with E-state index in [4.69, 9.17) is 14.2 Å². The van der Waals surface area contributed by atoms with Gasteiger partial charge in [0.2, 0.25) is 10.0 Å². The van der Waals surface area contributed by atoms with Crippen LogP contribution in [0.1, 0.15) is 92.0 Å². The van der Waals surface area contributed by atoms with E-state index >= 15 is 0 Å². The van der Waals surface area contributed by atoms with Gasteiger partial charge in [0.05, 0.1) is 27.4 Å². The Bertz CT molecular complexity index is 1390. The lowest BCUT2D eigenvalue weighted by Crippen LogP contribution is -2.40. The number of rotatable bonds is 10. The molecule has 1 aliphatic rings. The van der Waals surface area contributed by atoms with Crippen LogP contribution in [0.3, 0.4) is 0 Å². The summed E-state index contributed by atoms with van der Waals surface area (Å²) in [6.45, 7) is 14.8. The molecule has 3 rings (SSSR count). The van der Waals surface area contributed by atoms with E-state index in [1.807, 2.05) is 13.8 Å². The van der Waals surface area contributed by atoms with Gasteiger partial charge in [0.25, 0.3) is 0 Å². The molecule has 11 nitrogen and oxygen atoms in total. The lowest BCUT2D eigenvalue weighted by atomic mass is 9.86. The van der Waals surface area contributed by atoms with Crippen LogP contribution in [0.25, 0.3) is 10.4 Å². The van der Waals surface area contributed by atoms with Crippen LogP contribution in [-0.4, -0.2) is 74.0 Å². The van der Waals surface area contributed by atoms with E-state index in [2.05, 4.69) is 15.0 Å². The van der Waals surface area contributed by atoms with Crippen molar-refractivity contribution in [3.63, 3.8) is 0 Å². The van der Waals surface area contributed by atoms with Gasteiger partial charge in [-0.1, -0.05) is 0 Å². The fourth-order valence-electron chi connectivity index (χ4n) is 4.71. The number of ether oxygens (including phenoxy) is 3. The molecule has 1 aromatic carbocycles. The monoisotopic (exact) mass is 652 g/mol. The number of aromatic nitrogens is 1. The summed E-state index contributed by atoms with van der Waals surface area (Å²) in [6.07, 6.45) is 4.06. The number of hydrogen-bond donors (Lipinski definition) is 2. The number of carbonyl (C=O) groups excluding carboxylic acids is 2. The second-order valence-corrected chi connectivity index (χ2v) is 16.2. The summed E-state index contributed by atoms with van der Waals surface area (Å²) in [5.41, 5.74) is -0.770. The topological polar surface area (TPSA) is 136 Å². The Labute approximate surface area is 266 Å². The molecule has 2 N–H and O–H groups in total. The highest BCUT2D eigenvalue weighted by Crippen LogP contribution is 2.40. The van der Waals surface area contributed by atoms with Crippen LogP contribution in [0.2, 0.25) is 0 Å². The summed E-state index contributed by atoms with van der Waals surface area (Å²) >= 11 is 1.49. The number of nitrogens with one attached hydrogen (secondary N) is 2. The Balaban J connectivity index is 1.76. The summed E-state index contributed by atoms with van der Waals surface area (Å²) in [5, 5.41) is 3.89. The maximum Gasteiger partial charge on any atom is 0.410 e. The van der Waals surface area contributed by atoms with Crippen molar-refractivity contribution < 1.29 is 32.2 Å². The quantitative estimate of drug-likeness (QED) is 0.306. The average molecular weight is 653 g/mol. The smallest absolute Gasteiger partial charge is 0.410 e. The molecule has 13 heteroatoms. The summed E-state index contributed by atoms with van der Waals surface area (Å²) in [5.74, 6) is 0.595. The van der Waals surface area contributed by atoms with Gasteiger partial charge in [-0.2, -0.15) is 0 Å². The van der Waals surface area contributed by atoms with Gasteiger partial charge in [0.15, 0.2) is 0 Å². The largest absolute Gasteiger partial charge is 0.492 e. The van der Waals surface area contributed by atoms with Gasteiger partial charge in [-0.15, -0.1) is 11.3 Å². The third kappa shape index (κ3) is 10.9. The second-order valence-electron chi connectivity index (χ2n) is 13.5. The molecule has 0 spiro atoms. The maximum absolute atomic E-state index is 13.6. The van der Waals surface area contributed by atoms with Crippen molar-refractivity contribution in [1.29, 1.82) is 0 Å². The van der Waals surface area contributed by atoms with E-state index in [9.17, 15) is 18.0 Å². The maximum atomic E-state index is 13.6. The number of thiazole rings is 1. The second kappa shape index (κ2) is 14.5. The molecule has 0 atom stereocenters. The highest BCUT2D eigenvalue weighted by molar-refractivity contribution is 7.89. The van der Waals surface area contributed by atoms with E-state index in [0.29, 0.717) is 11.3 Å². The van der Waals surface area contributed by atoms with Crippen molar-refractivity contribution in [3.05, 3.63) is 29.4 Å². The van der Waals surface area contributed by atoms with E-state index in [0.717, 1.165) is 35.6 Å². The lowest BCUT2D eigenvalue weighted by Gasteiger charge is -2.28. The fourth-order valence-corrected chi connectivity index (χ4v) is 7.55. The van der Waals surface area contributed by atoms with Crippen molar-refractivity contribution in [2.45, 2.75) is 115 Å². The molecule has 1 saturated carbocycles. The van der Waals surface area contributed by atoms with E-state index in [1.54, 1.807) is 66.9 Å². The van der Waals surface area contributed by atoms with Crippen LogP contribution < -0.4 is 14.8 Å². The molecule has 44 heavy (non-hydrogen) atoms. The molecule has 0 aliphatic heterocycles. The van der Waals surface area contributed by atoms with Gasteiger partial charge in [-0.3, -0.25) is 0 Å². The van der Waals surface area contributed by atoms with Crippen molar-refractivity contribution in [2.75, 3.05) is 20.2 Å². The first-order valence-electron chi connectivity index (χ1n) is 15.0. The van der Waals surface area contributed by atoms with Crippen LogP contribution in [0.4, 0.5) is 9.59 Å². The van der Waals surface area contributed by atoms with Gasteiger partial charge in [-0.05, 0) is 93.2 Å². The minimum Gasteiger partial charge on any atom is -0.492 e. The van der Waals surface area contributed by atoms with Crippen molar-refractivity contribution in [3.8, 4) is 16.2 Å². The first kappa shape index (κ1) is 35.6. The Hall–Kier alpha value is -2.90. The first-order chi connectivity index (χ1) is 20.3. The third-order valence-electron chi connectivity index (χ3n) is 6.61. The Kier molecular flexibility index (Phi) is 11.7. The molecule has 1 fully saturated rings. The Morgan fingerprint density at radius 1 is 1.09 bits per heavy atom. The summed E-state index contributed by atoms with van der Waals surface area (Å²) in [4.78, 5) is 31.2. The zero-order valence-corrected chi connectivity index (χ0v) is 29.0. The average Bonchev–Trinajstić information content (AvgIpc) is 3.36. The number of carbonyl (C=O) groups is 2. The van der Waals surface area contributed by atoms with Gasteiger partial charge in [0, 0.05) is 42.4 Å². The lowest BCUT2D eigenvalue weighted by molar-refractivity contribution is 0.0278. The van der Waals surface area contributed by atoms with Crippen molar-refractivity contribution in [1.82, 2.24) is 19.9 Å². The van der Waals surface area contributed by atoms with Crippen LogP contribution in [-0.2, 0) is 19.5 Å². The molecule has 0 unspecified atom stereocenters. The van der Waals surface area contributed by atoms with Gasteiger partial charge in [0.1, 0.15) is 18.0 Å². The Morgan fingerprint density at radius 2 is 1.75 bits per heavy atom. The summed E-state index contributed by atoms with van der Waals surface area (Å²) in [6, 6.07) is 5.05. The van der Waals surface area contributed by atoms with Crippen LogP contribution in [0.15, 0.2) is 29.3 Å². The summed E-state index contributed by atoms with van der Waals surface area (Å²) < 4.78 is 46.4. The van der Waals surface area contributed by atoms with E-state index in [-0.39, 0.29) is 42.2 Å². The van der Waals surface area contributed by atoms with Crippen molar-refractivity contribution in [2.24, 2.45) is 0 Å². The molecule has 1 aliphatic carbocycles. The number of alkyl carbamates (subject to hydrolysis) is 1. The first-order valence-corrected chi connectivity index (χ1v) is 17.3. The number of hydrogen-bond acceptors (Lipinski definition) is 9.